The molecule has 1 N–H and O–H groups in total. The number of nitrogens with zero attached hydrogens (tertiary/aromatic N) is 2. The van der Waals surface area contributed by atoms with Crippen molar-refractivity contribution in [3.63, 3.8) is 0 Å². The Morgan fingerprint density at radius 2 is 2.00 bits per heavy atom. The first-order valence-electron chi connectivity index (χ1n) is 7.31. The Labute approximate surface area is 116 Å². The van der Waals surface area contributed by atoms with Crippen LogP contribution in [0.3, 0.4) is 0 Å². The van der Waals surface area contributed by atoms with Gasteiger partial charge in [0.25, 0.3) is 0 Å². The highest BCUT2D eigenvalue weighted by Gasteiger charge is 2.18. The molecule has 0 aliphatic rings. The number of fused-ring (bicyclic) bond motifs is 1. The number of aromatic nitrogens is 2. The monoisotopic (exact) mass is 259 g/mol. The molecular formula is C16H25N3. The van der Waals surface area contributed by atoms with Crippen LogP contribution < -0.4 is 5.32 Å². The van der Waals surface area contributed by atoms with E-state index in [2.05, 4.69) is 50.4 Å². The standard InChI is InChI=1S/C16H25N3/c1-5-14(17-6-2)12(3)11-15-13-9-7-8-10-16(13)19(4)18-15/h7-10,12,14,17H,5-6,11H2,1-4H3. The second-order valence-corrected chi connectivity index (χ2v) is 5.34. The predicted octanol–water partition coefficient (Wildman–Crippen LogP) is 3.14. The van der Waals surface area contributed by atoms with E-state index in [1.807, 2.05) is 11.7 Å². The molecule has 0 saturated heterocycles. The molecule has 2 atom stereocenters. The lowest BCUT2D eigenvalue weighted by atomic mass is 9.93. The first-order chi connectivity index (χ1) is 9.17. The molecule has 0 bridgehead atoms. The van der Waals surface area contributed by atoms with E-state index in [1.54, 1.807) is 0 Å². The normalized spacial score (nSPS) is 14.7. The number of para-hydroxylation sites is 1. The zero-order chi connectivity index (χ0) is 13.8. The zero-order valence-corrected chi connectivity index (χ0v) is 12.5. The van der Waals surface area contributed by atoms with E-state index < -0.39 is 0 Å². The van der Waals surface area contributed by atoms with Crippen molar-refractivity contribution in [3.05, 3.63) is 30.0 Å². The third kappa shape index (κ3) is 2.98. The lowest BCUT2D eigenvalue weighted by Crippen LogP contribution is -2.35. The molecule has 2 rings (SSSR count). The van der Waals surface area contributed by atoms with Gasteiger partial charge < -0.3 is 5.32 Å². The van der Waals surface area contributed by atoms with Gasteiger partial charge in [0.15, 0.2) is 0 Å². The highest BCUT2D eigenvalue weighted by atomic mass is 15.3. The van der Waals surface area contributed by atoms with Crippen LogP contribution in [0.15, 0.2) is 24.3 Å². The van der Waals surface area contributed by atoms with E-state index in [1.165, 1.54) is 23.0 Å². The molecule has 0 amide bonds. The maximum Gasteiger partial charge on any atom is 0.0706 e. The number of benzene rings is 1. The molecule has 0 aliphatic heterocycles. The topological polar surface area (TPSA) is 29.9 Å². The molecule has 1 aromatic heterocycles. The van der Waals surface area contributed by atoms with Crippen LogP contribution in [0.2, 0.25) is 0 Å². The van der Waals surface area contributed by atoms with Gasteiger partial charge >= 0.3 is 0 Å². The second kappa shape index (κ2) is 6.20. The van der Waals surface area contributed by atoms with Crippen LogP contribution in [0.5, 0.6) is 0 Å². The lowest BCUT2D eigenvalue weighted by molar-refractivity contribution is 0.368. The average molecular weight is 259 g/mol. The average Bonchev–Trinajstić information content (AvgIpc) is 2.73. The highest BCUT2D eigenvalue weighted by molar-refractivity contribution is 5.81. The third-order valence-electron chi connectivity index (χ3n) is 3.94. The molecular weight excluding hydrogens is 234 g/mol. The maximum atomic E-state index is 4.70. The Bertz CT molecular complexity index is 530. The number of nitrogens with one attached hydrogen (secondary N) is 1. The smallest absolute Gasteiger partial charge is 0.0706 e. The van der Waals surface area contributed by atoms with Gasteiger partial charge in [0, 0.05) is 18.5 Å². The van der Waals surface area contributed by atoms with Gasteiger partial charge in [0.2, 0.25) is 0 Å². The molecule has 0 fully saturated rings. The van der Waals surface area contributed by atoms with Crippen LogP contribution in [0.25, 0.3) is 10.9 Å². The van der Waals surface area contributed by atoms with Crippen LogP contribution in [0, 0.1) is 5.92 Å². The first-order valence-corrected chi connectivity index (χ1v) is 7.31. The summed E-state index contributed by atoms with van der Waals surface area (Å²) < 4.78 is 1.99. The van der Waals surface area contributed by atoms with Crippen LogP contribution in [-0.4, -0.2) is 22.4 Å². The number of hydrogen-bond acceptors (Lipinski definition) is 2. The van der Waals surface area contributed by atoms with Crippen molar-refractivity contribution in [2.24, 2.45) is 13.0 Å². The number of rotatable bonds is 6. The van der Waals surface area contributed by atoms with Gasteiger partial charge in [-0.2, -0.15) is 5.10 Å². The summed E-state index contributed by atoms with van der Waals surface area (Å²) in [5.41, 5.74) is 2.45. The fourth-order valence-electron chi connectivity index (χ4n) is 2.90. The van der Waals surface area contributed by atoms with Gasteiger partial charge in [-0.25, -0.2) is 0 Å². The minimum Gasteiger partial charge on any atom is -0.314 e. The summed E-state index contributed by atoms with van der Waals surface area (Å²) >= 11 is 0. The summed E-state index contributed by atoms with van der Waals surface area (Å²) in [7, 11) is 2.03. The van der Waals surface area contributed by atoms with E-state index in [-0.39, 0.29) is 0 Å². The van der Waals surface area contributed by atoms with Gasteiger partial charge in [0.1, 0.15) is 0 Å². The summed E-state index contributed by atoms with van der Waals surface area (Å²) in [4.78, 5) is 0. The summed E-state index contributed by atoms with van der Waals surface area (Å²) in [6.07, 6.45) is 2.20. The van der Waals surface area contributed by atoms with Crippen LogP contribution in [-0.2, 0) is 13.5 Å². The molecule has 19 heavy (non-hydrogen) atoms. The fourth-order valence-corrected chi connectivity index (χ4v) is 2.90. The summed E-state index contributed by atoms with van der Waals surface area (Å²) in [6, 6.07) is 9.06. The van der Waals surface area contributed by atoms with Crippen LogP contribution >= 0.6 is 0 Å². The molecule has 1 aromatic carbocycles. The van der Waals surface area contributed by atoms with Crippen molar-refractivity contribution in [1.29, 1.82) is 0 Å². The van der Waals surface area contributed by atoms with E-state index in [0.717, 1.165) is 13.0 Å². The first kappa shape index (κ1) is 14.1. The molecule has 2 aromatic rings. The second-order valence-electron chi connectivity index (χ2n) is 5.34. The Kier molecular flexibility index (Phi) is 4.59. The molecule has 3 heteroatoms. The van der Waals surface area contributed by atoms with Gasteiger partial charge in [-0.05, 0) is 31.4 Å². The number of aryl methyl sites for hydroxylation is 1. The Balaban J connectivity index is 2.21. The van der Waals surface area contributed by atoms with Gasteiger partial charge in [-0.3, -0.25) is 4.68 Å². The van der Waals surface area contributed by atoms with E-state index in [4.69, 9.17) is 5.10 Å². The molecule has 0 spiro atoms. The highest BCUT2D eigenvalue weighted by Crippen LogP contribution is 2.22. The van der Waals surface area contributed by atoms with Crippen LogP contribution in [0.4, 0.5) is 0 Å². The quantitative estimate of drug-likeness (QED) is 0.863. The predicted molar refractivity (Wildman–Crippen MR) is 81.3 cm³/mol. The Morgan fingerprint density at radius 3 is 2.68 bits per heavy atom. The Hall–Kier alpha value is -1.35. The van der Waals surface area contributed by atoms with E-state index in [9.17, 15) is 0 Å². The Morgan fingerprint density at radius 1 is 1.26 bits per heavy atom. The van der Waals surface area contributed by atoms with Gasteiger partial charge in [-0.15, -0.1) is 0 Å². The molecule has 0 radical (unpaired) electrons. The van der Waals surface area contributed by atoms with Crippen molar-refractivity contribution < 1.29 is 0 Å². The zero-order valence-electron chi connectivity index (χ0n) is 12.5. The maximum absolute atomic E-state index is 4.70. The fraction of sp³-hybridized carbons (Fsp3) is 0.562. The van der Waals surface area contributed by atoms with Crippen molar-refractivity contribution >= 4 is 10.9 Å². The van der Waals surface area contributed by atoms with Crippen molar-refractivity contribution in [1.82, 2.24) is 15.1 Å². The lowest BCUT2D eigenvalue weighted by Gasteiger charge is -2.22. The van der Waals surface area contributed by atoms with Gasteiger partial charge in [0.05, 0.1) is 11.2 Å². The largest absolute Gasteiger partial charge is 0.314 e. The molecule has 1 heterocycles. The van der Waals surface area contributed by atoms with Crippen molar-refractivity contribution in [2.45, 2.75) is 39.7 Å². The van der Waals surface area contributed by atoms with Crippen molar-refractivity contribution in [2.75, 3.05) is 6.54 Å². The van der Waals surface area contributed by atoms with Crippen molar-refractivity contribution in [3.8, 4) is 0 Å². The van der Waals surface area contributed by atoms with E-state index >= 15 is 0 Å². The summed E-state index contributed by atoms with van der Waals surface area (Å²) in [5.74, 6) is 0.600. The molecule has 0 saturated carbocycles. The van der Waals surface area contributed by atoms with Crippen LogP contribution in [0.1, 0.15) is 32.9 Å². The van der Waals surface area contributed by atoms with Gasteiger partial charge in [-0.1, -0.05) is 39.0 Å². The molecule has 2 unspecified atom stereocenters. The molecule has 104 valence electrons. The summed E-state index contributed by atoms with van der Waals surface area (Å²) in [5, 5.41) is 9.56. The molecule has 3 nitrogen and oxygen atoms in total. The molecule has 0 aliphatic carbocycles. The number of hydrogen-bond donors (Lipinski definition) is 1. The SMILES string of the molecule is CCNC(CC)C(C)Cc1nn(C)c2ccccc12. The van der Waals surface area contributed by atoms with E-state index in [0.29, 0.717) is 12.0 Å². The summed E-state index contributed by atoms with van der Waals surface area (Å²) in [6.45, 7) is 7.78. The minimum atomic E-state index is 0.575. The third-order valence-corrected chi connectivity index (χ3v) is 3.94. The minimum absolute atomic E-state index is 0.575.